The number of anilines is 1. The number of rotatable bonds is 38. The van der Waals surface area contributed by atoms with E-state index in [9.17, 15) is 32.7 Å². The molecule has 0 amide bonds. The number of aliphatic hydroxyl groups excluding tert-OH is 2. The molecule has 442 valence electrons. The molecule has 7 rings (SSSR count). The number of aromatic nitrogens is 7. The van der Waals surface area contributed by atoms with E-state index in [1.165, 1.54) is 10.9 Å². The number of hydrogen-bond acceptors (Lipinski definition) is 22. The predicted octanol–water partition coefficient (Wildman–Crippen LogP) is 2.88. The third kappa shape index (κ3) is 19.6. The number of halogens is 4. The summed E-state index contributed by atoms with van der Waals surface area (Å²) in [5.74, 6) is -4.13. The molecule has 80 heavy (non-hydrogen) atoms. The summed E-state index contributed by atoms with van der Waals surface area (Å²) in [6, 6.07) is 6.92. The molecule has 2 aliphatic heterocycles. The van der Waals surface area contributed by atoms with Gasteiger partial charge in [-0.2, -0.15) is 15.1 Å². The van der Waals surface area contributed by atoms with Crippen molar-refractivity contribution in [3.8, 4) is 11.5 Å². The Labute approximate surface area is 462 Å². The SMILES string of the molecule is Cc1cc(C2CN(c3nc(Cl)nc4c3cnn4[C@@H]3O[C@H](COCP(=O)(O)O)[C@@H](O)[C@H]3O)C2)ccc1OCCOCCOCCOCCOCc1cn(CCOCCOCCOCCOCCC(=O)Oc2c(F)cc(F)cc2F)nn1. The van der Waals surface area contributed by atoms with E-state index < -0.39 is 67.7 Å². The number of aryl methyl sites for hydroxylation is 1. The summed E-state index contributed by atoms with van der Waals surface area (Å²) >= 11 is 6.35. The van der Waals surface area contributed by atoms with Crippen LogP contribution in [0.4, 0.5) is 19.0 Å². The maximum absolute atomic E-state index is 13.6. The van der Waals surface area contributed by atoms with Crippen LogP contribution >= 0.6 is 19.2 Å². The second-order valence-electron chi connectivity index (χ2n) is 18.1. The average Bonchev–Trinajstić information content (AvgIpc) is 4.11. The van der Waals surface area contributed by atoms with Gasteiger partial charge in [-0.15, -0.1) is 5.10 Å². The van der Waals surface area contributed by atoms with Crippen molar-refractivity contribution in [1.29, 1.82) is 0 Å². The number of carbonyl (C=O) groups excluding carboxylic acids is 1. The van der Waals surface area contributed by atoms with Crippen molar-refractivity contribution in [1.82, 2.24) is 34.7 Å². The highest BCUT2D eigenvalue weighted by Crippen LogP contribution is 2.39. The molecule has 2 saturated heterocycles. The Morgan fingerprint density at radius 1 is 0.775 bits per heavy atom. The number of fused-ring (bicyclic) bond motifs is 1. The molecular formula is C49H65ClF3N8O18P. The van der Waals surface area contributed by atoms with Crippen LogP contribution in [0.3, 0.4) is 0 Å². The minimum absolute atomic E-state index is 0.0500. The number of hydrogen-bond donors (Lipinski definition) is 4. The lowest BCUT2D eigenvalue weighted by atomic mass is 9.90. The van der Waals surface area contributed by atoms with Crippen molar-refractivity contribution in [3.05, 3.63) is 82.3 Å². The molecular weight excluding hydrogens is 1110 g/mol. The summed E-state index contributed by atoms with van der Waals surface area (Å²) < 4.78 is 120. The molecule has 5 aromatic rings. The number of carbonyl (C=O) groups is 1. The smallest absolute Gasteiger partial charge is 0.350 e. The summed E-state index contributed by atoms with van der Waals surface area (Å²) in [5.41, 5.74) is 3.06. The van der Waals surface area contributed by atoms with Crippen LogP contribution in [-0.4, -0.2) is 211 Å². The molecule has 0 unspecified atom stereocenters. The van der Waals surface area contributed by atoms with Gasteiger partial charge in [0.1, 0.15) is 54.3 Å². The largest absolute Gasteiger partial charge is 0.491 e. The van der Waals surface area contributed by atoms with E-state index in [2.05, 4.69) is 36.2 Å². The Morgan fingerprint density at radius 3 is 2.00 bits per heavy atom. The standard InChI is InChI=1S/C49H65ClF3N8O18P/c1-32-22-33(34-26-59(27-34)46-37-25-54-61(47(37)56-49(50)55-46)48-44(64)43(63)41(78-48)30-76-31-80(65,66)67)2-3-40(32)77-21-20-74-17-16-72-14-15-73-18-19-75-29-36-28-60(58-57-36)5-7-69-9-11-71-13-12-70-10-8-68-6-4-42(62)79-45-38(52)23-35(51)24-39(45)53/h2-3,22-25,28,34,41,43-44,48,63-64H,4-21,26-27,29-31H2,1H3,(H2,65,66,67)/t41-,43-,44-,48-/m1/s1. The predicted molar refractivity (Wildman–Crippen MR) is 273 cm³/mol. The number of aliphatic hydroxyl groups is 2. The lowest BCUT2D eigenvalue weighted by Crippen LogP contribution is -2.45. The molecule has 0 saturated carbocycles. The van der Waals surface area contributed by atoms with Gasteiger partial charge in [0, 0.05) is 31.1 Å². The van der Waals surface area contributed by atoms with Gasteiger partial charge in [0.05, 0.1) is 143 Å². The zero-order chi connectivity index (χ0) is 56.9. The van der Waals surface area contributed by atoms with Crippen molar-refractivity contribution in [2.24, 2.45) is 0 Å². The van der Waals surface area contributed by atoms with E-state index in [4.69, 9.17) is 73.5 Å². The molecule has 4 atom stereocenters. The topological polar surface area (TPSA) is 303 Å². The summed E-state index contributed by atoms with van der Waals surface area (Å²) in [7, 11) is -4.44. The van der Waals surface area contributed by atoms with E-state index in [1.54, 1.807) is 10.9 Å². The van der Waals surface area contributed by atoms with Crippen LogP contribution in [0.1, 0.15) is 35.4 Å². The minimum Gasteiger partial charge on any atom is -0.491 e. The third-order valence-corrected chi connectivity index (χ3v) is 12.7. The lowest BCUT2D eigenvalue weighted by molar-refractivity contribution is -0.136. The normalized spacial score (nSPS) is 17.7. The van der Waals surface area contributed by atoms with E-state index in [0.29, 0.717) is 135 Å². The first-order valence-electron chi connectivity index (χ1n) is 25.5. The Balaban J connectivity index is 0.636. The van der Waals surface area contributed by atoms with Gasteiger partial charge in [0.2, 0.25) is 11.0 Å². The molecule has 4 N–H and O–H groups in total. The third-order valence-electron chi connectivity index (χ3n) is 12.0. The zero-order valence-electron chi connectivity index (χ0n) is 43.7. The van der Waals surface area contributed by atoms with Crippen molar-refractivity contribution < 1.29 is 99.4 Å². The molecule has 0 bridgehead atoms. The van der Waals surface area contributed by atoms with Crippen molar-refractivity contribution in [2.45, 2.75) is 57.0 Å². The van der Waals surface area contributed by atoms with Crippen LogP contribution in [0.2, 0.25) is 5.28 Å². The molecule has 0 radical (unpaired) electrons. The molecule has 0 aliphatic carbocycles. The van der Waals surface area contributed by atoms with Gasteiger partial charge in [-0.3, -0.25) is 9.36 Å². The van der Waals surface area contributed by atoms with Gasteiger partial charge >= 0.3 is 13.6 Å². The van der Waals surface area contributed by atoms with Gasteiger partial charge in [-0.05, 0) is 35.7 Å². The van der Waals surface area contributed by atoms with Gasteiger partial charge in [0.15, 0.2) is 23.5 Å². The molecule has 2 fully saturated rings. The number of nitrogens with zero attached hydrogens (tertiary/aromatic N) is 8. The Morgan fingerprint density at radius 2 is 1.38 bits per heavy atom. The van der Waals surface area contributed by atoms with Crippen molar-refractivity contribution >= 4 is 42.0 Å². The number of ether oxygens (including phenoxy) is 12. The summed E-state index contributed by atoms with van der Waals surface area (Å²) in [6.45, 7) is 8.96. The fourth-order valence-corrected chi connectivity index (χ4v) is 8.55. The van der Waals surface area contributed by atoms with Crippen LogP contribution in [0.5, 0.6) is 11.5 Å². The summed E-state index contributed by atoms with van der Waals surface area (Å²) in [6.07, 6.45) is -2.92. The summed E-state index contributed by atoms with van der Waals surface area (Å²) in [5, 5.41) is 34.4. The summed E-state index contributed by atoms with van der Waals surface area (Å²) in [4.78, 5) is 40.7. The quantitative estimate of drug-likeness (QED) is 0.0145. The molecule has 2 aromatic carbocycles. The van der Waals surface area contributed by atoms with Gasteiger partial charge < -0.3 is 81.7 Å². The van der Waals surface area contributed by atoms with Crippen molar-refractivity contribution in [2.75, 3.05) is 137 Å². The number of benzene rings is 2. The van der Waals surface area contributed by atoms with Crippen LogP contribution < -0.4 is 14.4 Å². The fraction of sp³-hybridized carbons (Fsp3) is 0.592. The highest BCUT2D eigenvalue weighted by Gasteiger charge is 2.45. The molecule has 3 aromatic heterocycles. The molecule has 5 heterocycles. The molecule has 2 aliphatic rings. The Bertz CT molecular complexity index is 2740. The monoisotopic (exact) mass is 1180 g/mol. The molecule has 0 spiro atoms. The maximum Gasteiger partial charge on any atom is 0.350 e. The molecule has 26 nitrogen and oxygen atoms in total. The highest BCUT2D eigenvalue weighted by atomic mass is 35.5. The zero-order valence-corrected chi connectivity index (χ0v) is 45.4. The van der Waals surface area contributed by atoms with E-state index in [-0.39, 0.29) is 56.3 Å². The lowest BCUT2D eigenvalue weighted by Gasteiger charge is -2.40. The Kier molecular flexibility index (Phi) is 25.0. The van der Waals surface area contributed by atoms with E-state index in [1.807, 2.05) is 24.0 Å². The van der Waals surface area contributed by atoms with Gasteiger partial charge in [0.25, 0.3) is 0 Å². The minimum atomic E-state index is -4.44. The van der Waals surface area contributed by atoms with E-state index >= 15 is 0 Å². The second-order valence-corrected chi connectivity index (χ2v) is 20.0. The molecule has 31 heteroatoms. The highest BCUT2D eigenvalue weighted by molar-refractivity contribution is 7.51. The first kappa shape index (κ1) is 62.5. The van der Waals surface area contributed by atoms with Crippen molar-refractivity contribution in [3.63, 3.8) is 0 Å². The fourth-order valence-electron chi connectivity index (χ4n) is 8.05. The van der Waals surface area contributed by atoms with Crippen LogP contribution in [0.25, 0.3) is 11.0 Å². The second kappa shape index (κ2) is 32.0. The van der Waals surface area contributed by atoms with Crippen LogP contribution in [0, 0.1) is 24.4 Å². The van der Waals surface area contributed by atoms with Gasteiger partial charge in [-0.1, -0.05) is 17.3 Å². The first-order chi connectivity index (χ1) is 38.6. The Hall–Kier alpha value is -5.05. The van der Waals surface area contributed by atoms with Crippen LogP contribution in [0.15, 0.2) is 42.7 Å². The number of esters is 1. The van der Waals surface area contributed by atoms with Crippen LogP contribution in [-0.2, 0) is 69.9 Å². The maximum atomic E-state index is 13.6. The first-order valence-corrected chi connectivity index (χ1v) is 27.7. The average molecular weight is 1180 g/mol. The van der Waals surface area contributed by atoms with E-state index in [0.717, 1.165) is 16.9 Å². The van der Waals surface area contributed by atoms with Gasteiger partial charge in [-0.25, -0.2) is 22.5 Å².